The van der Waals surface area contributed by atoms with Crippen LogP contribution in [0.3, 0.4) is 0 Å². The van der Waals surface area contributed by atoms with Crippen LogP contribution in [0.25, 0.3) is 11.4 Å². The van der Waals surface area contributed by atoms with Crippen molar-refractivity contribution in [1.82, 2.24) is 9.97 Å². The molecule has 1 N–H and O–H groups in total. The number of hydrogen-bond donors (Lipinski definition) is 1. The quantitative estimate of drug-likeness (QED) is 0.921. The zero-order valence-corrected chi connectivity index (χ0v) is 12.2. The van der Waals surface area contributed by atoms with Crippen molar-refractivity contribution in [2.45, 2.75) is 45.4 Å². The fourth-order valence-corrected chi connectivity index (χ4v) is 2.74. The molecule has 0 unspecified atom stereocenters. The zero-order chi connectivity index (χ0) is 14.3. The number of H-pyrrole nitrogens is 1. The predicted octanol–water partition coefficient (Wildman–Crippen LogP) is 3.75. The molecule has 0 aliphatic heterocycles. The van der Waals surface area contributed by atoms with Crippen LogP contribution in [0.15, 0.2) is 29.1 Å². The van der Waals surface area contributed by atoms with Crippen LogP contribution in [0.4, 0.5) is 0 Å². The van der Waals surface area contributed by atoms with Gasteiger partial charge in [0, 0.05) is 16.8 Å². The number of aromatic nitrogens is 2. The first-order valence-corrected chi connectivity index (χ1v) is 7.27. The summed E-state index contributed by atoms with van der Waals surface area (Å²) >= 11 is 0. The van der Waals surface area contributed by atoms with Crippen LogP contribution in [-0.4, -0.2) is 9.97 Å². The highest BCUT2D eigenvalue weighted by Gasteiger charge is 2.23. The average molecular weight is 268 g/mol. The Morgan fingerprint density at radius 2 is 1.85 bits per heavy atom. The lowest BCUT2D eigenvalue weighted by atomic mass is 10.0. The minimum atomic E-state index is -0.0197. The van der Waals surface area contributed by atoms with Crippen molar-refractivity contribution in [1.29, 1.82) is 0 Å². The van der Waals surface area contributed by atoms with E-state index in [4.69, 9.17) is 0 Å². The van der Waals surface area contributed by atoms with E-state index in [1.807, 2.05) is 20.8 Å². The molecule has 1 aliphatic rings. The molecule has 104 valence electrons. The molecule has 1 heterocycles. The van der Waals surface area contributed by atoms with Gasteiger partial charge in [0.25, 0.3) is 5.56 Å². The Balaban J connectivity index is 1.99. The second-order valence-electron chi connectivity index (χ2n) is 5.96. The number of hydrogen-bond acceptors (Lipinski definition) is 2. The van der Waals surface area contributed by atoms with E-state index >= 15 is 0 Å². The van der Waals surface area contributed by atoms with Crippen molar-refractivity contribution in [2.24, 2.45) is 0 Å². The van der Waals surface area contributed by atoms with Crippen LogP contribution in [-0.2, 0) is 0 Å². The molecule has 0 atom stereocenters. The molecule has 0 saturated heterocycles. The minimum absolute atomic E-state index is 0.0197. The maximum atomic E-state index is 12.2. The predicted molar refractivity (Wildman–Crippen MR) is 81.1 cm³/mol. The third-order valence-corrected chi connectivity index (χ3v) is 3.96. The van der Waals surface area contributed by atoms with E-state index in [1.54, 1.807) is 0 Å². The van der Waals surface area contributed by atoms with Crippen molar-refractivity contribution >= 4 is 0 Å². The summed E-state index contributed by atoms with van der Waals surface area (Å²) < 4.78 is 0. The van der Waals surface area contributed by atoms with Crippen LogP contribution in [0, 0.1) is 6.92 Å². The van der Waals surface area contributed by atoms with Crippen LogP contribution in [0.5, 0.6) is 0 Å². The number of rotatable bonds is 3. The van der Waals surface area contributed by atoms with Gasteiger partial charge < -0.3 is 4.98 Å². The Morgan fingerprint density at radius 3 is 2.35 bits per heavy atom. The summed E-state index contributed by atoms with van der Waals surface area (Å²) in [6.07, 6.45) is 2.60. The molecule has 1 aromatic carbocycles. The number of aryl methyl sites for hydroxylation is 1. The average Bonchev–Trinajstić information content (AvgIpc) is 3.22. The molecule has 1 aliphatic carbocycles. The molecule has 0 radical (unpaired) electrons. The fourth-order valence-electron chi connectivity index (χ4n) is 2.74. The molecule has 3 heteroatoms. The second kappa shape index (κ2) is 4.89. The van der Waals surface area contributed by atoms with E-state index in [0.29, 0.717) is 5.82 Å². The van der Waals surface area contributed by atoms with E-state index in [-0.39, 0.29) is 11.5 Å². The van der Waals surface area contributed by atoms with Gasteiger partial charge in [-0.15, -0.1) is 0 Å². The molecule has 3 rings (SSSR count). The Labute approximate surface area is 119 Å². The second-order valence-corrected chi connectivity index (χ2v) is 5.96. The van der Waals surface area contributed by atoms with Gasteiger partial charge in [0.2, 0.25) is 0 Å². The smallest absolute Gasteiger partial charge is 0.254 e. The van der Waals surface area contributed by atoms with Gasteiger partial charge in [0.1, 0.15) is 5.82 Å². The first-order chi connectivity index (χ1) is 9.56. The van der Waals surface area contributed by atoms with Gasteiger partial charge in [0.15, 0.2) is 0 Å². The van der Waals surface area contributed by atoms with Crippen LogP contribution >= 0.6 is 0 Å². The highest BCUT2D eigenvalue weighted by molar-refractivity contribution is 5.56. The van der Waals surface area contributed by atoms with E-state index in [9.17, 15) is 4.79 Å². The maximum Gasteiger partial charge on any atom is 0.254 e. The Morgan fingerprint density at radius 1 is 1.20 bits per heavy atom. The largest absolute Gasteiger partial charge is 0.306 e. The summed E-state index contributed by atoms with van der Waals surface area (Å²) in [5, 5.41) is 0. The Bertz CT molecular complexity index is 679. The summed E-state index contributed by atoms with van der Waals surface area (Å²) in [6, 6.07) is 8.41. The topological polar surface area (TPSA) is 45.8 Å². The van der Waals surface area contributed by atoms with Crippen molar-refractivity contribution in [3.8, 4) is 11.4 Å². The van der Waals surface area contributed by atoms with Gasteiger partial charge >= 0.3 is 0 Å². The van der Waals surface area contributed by atoms with E-state index in [2.05, 4.69) is 34.2 Å². The van der Waals surface area contributed by atoms with Gasteiger partial charge in [0.05, 0.1) is 0 Å². The van der Waals surface area contributed by atoms with Gasteiger partial charge in [-0.1, -0.05) is 38.1 Å². The van der Waals surface area contributed by atoms with Gasteiger partial charge in [-0.2, -0.15) is 0 Å². The molecule has 1 saturated carbocycles. The summed E-state index contributed by atoms with van der Waals surface area (Å²) in [6.45, 7) is 5.94. The highest BCUT2D eigenvalue weighted by Crippen LogP contribution is 2.40. The van der Waals surface area contributed by atoms with Crippen molar-refractivity contribution in [2.75, 3.05) is 0 Å². The summed E-state index contributed by atoms with van der Waals surface area (Å²) in [5.74, 6) is 1.61. The van der Waals surface area contributed by atoms with E-state index in [1.165, 1.54) is 18.4 Å². The Kier molecular flexibility index (Phi) is 3.20. The van der Waals surface area contributed by atoms with Gasteiger partial charge in [-0.05, 0) is 37.2 Å². The number of benzene rings is 1. The molecule has 1 aromatic heterocycles. The minimum Gasteiger partial charge on any atom is -0.306 e. The first-order valence-electron chi connectivity index (χ1n) is 7.27. The van der Waals surface area contributed by atoms with Crippen LogP contribution < -0.4 is 5.56 Å². The van der Waals surface area contributed by atoms with Crippen molar-refractivity contribution in [3.63, 3.8) is 0 Å². The number of aromatic amines is 1. The zero-order valence-electron chi connectivity index (χ0n) is 12.2. The number of nitrogens with one attached hydrogen (secondary N) is 1. The third kappa shape index (κ3) is 2.40. The van der Waals surface area contributed by atoms with Crippen molar-refractivity contribution < 1.29 is 0 Å². The maximum absolute atomic E-state index is 12.2. The molecule has 2 aromatic rings. The summed E-state index contributed by atoms with van der Waals surface area (Å²) in [7, 11) is 0. The van der Waals surface area contributed by atoms with Gasteiger partial charge in [-0.3, -0.25) is 4.79 Å². The molecule has 1 fully saturated rings. The van der Waals surface area contributed by atoms with E-state index < -0.39 is 0 Å². The highest BCUT2D eigenvalue weighted by atomic mass is 16.1. The standard InChI is InChI=1S/C17H20N2O/c1-10(2)15-11(3)18-16(19-17(15)20)14-8-6-13(7-9-14)12-4-5-12/h6-10,12H,4-5H2,1-3H3,(H,18,19,20). The molecule has 0 spiro atoms. The monoisotopic (exact) mass is 268 g/mol. The van der Waals surface area contributed by atoms with Crippen LogP contribution in [0.2, 0.25) is 0 Å². The van der Waals surface area contributed by atoms with E-state index in [0.717, 1.165) is 22.7 Å². The molecule has 20 heavy (non-hydrogen) atoms. The number of nitrogens with zero attached hydrogens (tertiary/aromatic N) is 1. The molecule has 0 amide bonds. The lowest BCUT2D eigenvalue weighted by Crippen LogP contribution is -2.18. The molecular weight excluding hydrogens is 248 g/mol. The molecule has 3 nitrogen and oxygen atoms in total. The summed E-state index contributed by atoms with van der Waals surface area (Å²) in [5.41, 5.74) is 3.96. The third-order valence-electron chi connectivity index (χ3n) is 3.96. The Hall–Kier alpha value is -1.90. The fraction of sp³-hybridized carbons (Fsp3) is 0.412. The SMILES string of the molecule is Cc1nc(-c2ccc(C3CC3)cc2)[nH]c(=O)c1C(C)C. The molecule has 0 bridgehead atoms. The normalized spacial score (nSPS) is 14.8. The lowest BCUT2D eigenvalue weighted by molar-refractivity contribution is 0.815. The summed E-state index contributed by atoms with van der Waals surface area (Å²) in [4.78, 5) is 19.6. The van der Waals surface area contributed by atoms with Crippen LogP contribution in [0.1, 0.15) is 55.3 Å². The lowest BCUT2D eigenvalue weighted by Gasteiger charge is -2.10. The van der Waals surface area contributed by atoms with Gasteiger partial charge in [-0.25, -0.2) is 4.98 Å². The first kappa shape index (κ1) is 13.1. The molecular formula is C17H20N2O. The van der Waals surface area contributed by atoms with Crippen molar-refractivity contribution in [3.05, 3.63) is 51.4 Å².